The highest BCUT2D eigenvalue weighted by Crippen LogP contribution is 2.26. The molecule has 0 saturated heterocycles. The van der Waals surface area contributed by atoms with Gasteiger partial charge in [-0.1, -0.05) is 23.7 Å². The molecule has 0 heterocycles. The highest BCUT2D eigenvalue weighted by atomic mass is 79.9. The van der Waals surface area contributed by atoms with Gasteiger partial charge in [0.15, 0.2) is 0 Å². The number of anilines is 1. The number of aromatic hydroxyl groups is 1. The van der Waals surface area contributed by atoms with Gasteiger partial charge in [0.1, 0.15) is 5.75 Å². The standard InChI is InChI=1S/C13H11BrClNO/c14-12-5-4-10(15)7-13(12)16-8-9-2-1-3-11(17)6-9/h1-7,16-17H,8H2. The first kappa shape index (κ1) is 12.3. The Hall–Kier alpha value is -1.19. The lowest BCUT2D eigenvalue weighted by molar-refractivity contribution is 0.474. The Morgan fingerprint density at radius 2 is 2.00 bits per heavy atom. The summed E-state index contributed by atoms with van der Waals surface area (Å²) in [5.74, 6) is 0.273. The summed E-state index contributed by atoms with van der Waals surface area (Å²) in [4.78, 5) is 0. The molecule has 88 valence electrons. The monoisotopic (exact) mass is 311 g/mol. The number of hydrogen-bond acceptors (Lipinski definition) is 2. The fourth-order valence-corrected chi connectivity index (χ4v) is 2.06. The maximum atomic E-state index is 9.35. The number of benzene rings is 2. The van der Waals surface area contributed by atoms with Crippen LogP contribution >= 0.6 is 27.5 Å². The molecule has 0 bridgehead atoms. The third-order valence-electron chi connectivity index (χ3n) is 2.32. The molecule has 4 heteroatoms. The Balaban J connectivity index is 2.09. The van der Waals surface area contributed by atoms with Crippen LogP contribution in [0.15, 0.2) is 46.9 Å². The second kappa shape index (κ2) is 5.43. The van der Waals surface area contributed by atoms with E-state index in [1.54, 1.807) is 12.1 Å². The first-order valence-electron chi connectivity index (χ1n) is 5.12. The van der Waals surface area contributed by atoms with Crippen LogP contribution < -0.4 is 5.32 Å². The molecule has 2 nitrogen and oxygen atoms in total. The summed E-state index contributed by atoms with van der Waals surface area (Å²) in [7, 11) is 0. The fraction of sp³-hybridized carbons (Fsp3) is 0.0769. The summed E-state index contributed by atoms with van der Waals surface area (Å²) in [6, 6.07) is 12.7. The molecule has 2 aromatic carbocycles. The molecule has 0 unspecified atom stereocenters. The van der Waals surface area contributed by atoms with Crippen LogP contribution in [0.5, 0.6) is 5.75 Å². The van der Waals surface area contributed by atoms with E-state index in [1.165, 1.54) is 0 Å². The third kappa shape index (κ3) is 3.38. The van der Waals surface area contributed by atoms with Gasteiger partial charge in [-0.15, -0.1) is 0 Å². The highest BCUT2D eigenvalue weighted by Gasteiger charge is 2.01. The molecule has 2 aromatic rings. The minimum absolute atomic E-state index is 0.273. The zero-order chi connectivity index (χ0) is 12.3. The van der Waals surface area contributed by atoms with Gasteiger partial charge in [0, 0.05) is 16.0 Å². The SMILES string of the molecule is Oc1cccc(CNc2cc(Cl)ccc2Br)c1. The second-order valence-corrected chi connectivity index (χ2v) is 4.94. The van der Waals surface area contributed by atoms with E-state index in [0.29, 0.717) is 11.6 Å². The summed E-state index contributed by atoms with van der Waals surface area (Å²) in [6.07, 6.45) is 0. The molecule has 0 spiro atoms. The van der Waals surface area contributed by atoms with Crippen molar-refractivity contribution in [1.29, 1.82) is 0 Å². The van der Waals surface area contributed by atoms with Gasteiger partial charge in [0.05, 0.1) is 5.69 Å². The Kier molecular flexibility index (Phi) is 3.92. The van der Waals surface area contributed by atoms with E-state index in [2.05, 4.69) is 21.2 Å². The predicted molar refractivity (Wildman–Crippen MR) is 74.6 cm³/mol. The van der Waals surface area contributed by atoms with E-state index >= 15 is 0 Å². The van der Waals surface area contributed by atoms with E-state index in [1.807, 2.05) is 30.3 Å². The third-order valence-corrected chi connectivity index (χ3v) is 3.25. The molecule has 0 fully saturated rings. The van der Waals surface area contributed by atoms with Gasteiger partial charge >= 0.3 is 0 Å². The van der Waals surface area contributed by atoms with Crippen LogP contribution in [-0.4, -0.2) is 5.11 Å². The lowest BCUT2D eigenvalue weighted by atomic mass is 10.2. The first-order chi connectivity index (χ1) is 8.15. The molecule has 0 aliphatic heterocycles. The number of phenols is 1. The van der Waals surface area contributed by atoms with Crippen molar-refractivity contribution >= 4 is 33.2 Å². The maximum absolute atomic E-state index is 9.35. The molecule has 2 rings (SSSR count). The second-order valence-electron chi connectivity index (χ2n) is 3.65. The van der Waals surface area contributed by atoms with Gasteiger partial charge in [-0.2, -0.15) is 0 Å². The summed E-state index contributed by atoms with van der Waals surface area (Å²) in [5, 5.41) is 13.3. The van der Waals surface area contributed by atoms with Crippen molar-refractivity contribution in [3.63, 3.8) is 0 Å². The molecule has 0 radical (unpaired) electrons. The van der Waals surface area contributed by atoms with Crippen LogP contribution in [0.2, 0.25) is 5.02 Å². The number of rotatable bonds is 3. The van der Waals surface area contributed by atoms with E-state index in [0.717, 1.165) is 15.7 Å². The largest absolute Gasteiger partial charge is 0.508 e. The van der Waals surface area contributed by atoms with Crippen LogP contribution in [0.1, 0.15) is 5.56 Å². The lowest BCUT2D eigenvalue weighted by Crippen LogP contribution is -1.99. The van der Waals surface area contributed by atoms with Gasteiger partial charge in [0.25, 0.3) is 0 Å². The molecule has 17 heavy (non-hydrogen) atoms. The van der Waals surface area contributed by atoms with Gasteiger partial charge in [-0.05, 0) is 51.8 Å². The van der Waals surface area contributed by atoms with Crippen LogP contribution in [0, 0.1) is 0 Å². The molecule has 0 amide bonds. The normalized spacial score (nSPS) is 10.2. The number of nitrogens with one attached hydrogen (secondary N) is 1. The van der Waals surface area contributed by atoms with Crippen molar-refractivity contribution in [3.8, 4) is 5.75 Å². The van der Waals surface area contributed by atoms with Crippen molar-refractivity contribution in [2.24, 2.45) is 0 Å². The Labute approximate surface area is 113 Å². The van der Waals surface area contributed by atoms with Crippen molar-refractivity contribution < 1.29 is 5.11 Å². The minimum Gasteiger partial charge on any atom is -0.508 e. The zero-order valence-electron chi connectivity index (χ0n) is 8.95. The summed E-state index contributed by atoms with van der Waals surface area (Å²) >= 11 is 9.37. The molecule has 0 aliphatic carbocycles. The van der Waals surface area contributed by atoms with Gasteiger partial charge in [0.2, 0.25) is 0 Å². The Morgan fingerprint density at radius 1 is 1.18 bits per heavy atom. The molecule has 0 saturated carbocycles. The van der Waals surface area contributed by atoms with Crippen LogP contribution in [0.3, 0.4) is 0 Å². The molecular weight excluding hydrogens is 302 g/mol. The maximum Gasteiger partial charge on any atom is 0.115 e. The average Bonchev–Trinajstić information content (AvgIpc) is 2.30. The number of hydrogen-bond donors (Lipinski definition) is 2. The van der Waals surface area contributed by atoms with E-state index in [-0.39, 0.29) is 5.75 Å². The fourth-order valence-electron chi connectivity index (χ4n) is 1.50. The van der Waals surface area contributed by atoms with Crippen molar-refractivity contribution in [2.45, 2.75) is 6.54 Å². The topological polar surface area (TPSA) is 32.3 Å². The van der Waals surface area contributed by atoms with Crippen LogP contribution in [0.4, 0.5) is 5.69 Å². The van der Waals surface area contributed by atoms with E-state index in [9.17, 15) is 5.11 Å². The van der Waals surface area contributed by atoms with E-state index in [4.69, 9.17) is 11.6 Å². The molecule has 0 aliphatic rings. The first-order valence-corrected chi connectivity index (χ1v) is 6.29. The quantitative estimate of drug-likeness (QED) is 0.879. The van der Waals surface area contributed by atoms with Crippen molar-refractivity contribution in [3.05, 3.63) is 57.5 Å². The van der Waals surface area contributed by atoms with Gasteiger partial charge in [-0.25, -0.2) is 0 Å². The summed E-state index contributed by atoms with van der Waals surface area (Å²) < 4.78 is 0.960. The van der Waals surface area contributed by atoms with Crippen LogP contribution in [0.25, 0.3) is 0 Å². The predicted octanol–water partition coefficient (Wildman–Crippen LogP) is 4.42. The van der Waals surface area contributed by atoms with E-state index < -0.39 is 0 Å². The van der Waals surface area contributed by atoms with Gasteiger partial charge in [-0.3, -0.25) is 0 Å². The minimum atomic E-state index is 0.273. The van der Waals surface area contributed by atoms with Crippen molar-refractivity contribution in [2.75, 3.05) is 5.32 Å². The van der Waals surface area contributed by atoms with Crippen LogP contribution in [-0.2, 0) is 6.54 Å². The molecule has 0 aromatic heterocycles. The summed E-state index contributed by atoms with van der Waals surface area (Å²) in [5.41, 5.74) is 1.94. The molecule has 0 atom stereocenters. The number of halogens is 2. The average molecular weight is 313 g/mol. The Morgan fingerprint density at radius 3 is 2.76 bits per heavy atom. The zero-order valence-corrected chi connectivity index (χ0v) is 11.3. The van der Waals surface area contributed by atoms with Crippen molar-refractivity contribution in [1.82, 2.24) is 0 Å². The number of phenolic OH excluding ortho intramolecular Hbond substituents is 1. The highest BCUT2D eigenvalue weighted by molar-refractivity contribution is 9.10. The summed E-state index contributed by atoms with van der Waals surface area (Å²) in [6.45, 7) is 0.632. The molecule has 2 N–H and O–H groups in total. The van der Waals surface area contributed by atoms with Gasteiger partial charge < -0.3 is 10.4 Å². The molecular formula is C13H11BrClNO. The lowest BCUT2D eigenvalue weighted by Gasteiger charge is -2.09. The smallest absolute Gasteiger partial charge is 0.115 e. The Bertz CT molecular complexity index is 531.